The average molecular weight is 378 g/mol. The number of carbonyl (C=O) groups is 2. The molecule has 0 unspecified atom stereocenters. The lowest BCUT2D eigenvalue weighted by Gasteiger charge is -2.56. The number of fused-ring (bicyclic) bond motifs is 4. The van der Waals surface area contributed by atoms with Crippen LogP contribution in [0.15, 0.2) is 12.2 Å². The summed E-state index contributed by atoms with van der Waals surface area (Å²) in [6, 6.07) is 0. The highest BCUT2D eigenvalue weighted by Gasteiger charge is 2.72. The van der Waals surface area contributed by atoms with Crippen molar-refractivity contribution in [2.75, 3.05) is 6.61 Å². The van der Waals surface area contributed by atoms with Crippen LogP contribution in [-0.2, 0) is 28.5 Å². The molecule has 2 aliphatic carbocycles. The molecule has 3 aliphatic heterocycles. The fraction of sp³-hybridized carbons (Fsp3) is 0.800. The lowest BCUT2D eigenvalue weighted by Crippen LogP contribution is -2.63. The van der Waals surface area contributed by atoms with Crippen molar-refractivity contribution in [3.8, 4) is 0 Å². The van der Waals surface area contributed by atoms with Crippen molar-refractivity contribution in [3.63, 3.8) is 0 Å². The second-order valence-corrected chi connectivity index (χ2v) is 9.33. The van der Waals surface area contributed by atoms with Gasteiger partial charge in [-0.3, -0.25) is 0 Å². The Morgan fingerprint density at radius 1 is 1.37 bits per heavy atom. The van der Waals surface area contributed by atoms with Crippen molar-refractivity contribution in [2.45, 2.75) is 75.7 Å². The van der Waals surface area contributed by atoms with Gasteiger partial charge in [0.2, 0.25) is 0 Å². The lowest BCUT2D eigenvalue weighted by molar-refractivity contribution is -0.207. The largest absolute Gasteiger partial charge is 0.460 e. The summed E-state index contributed by atoms with van der Waals surface area (Å²) in [5.74, 6) is -1.37. The number of esters is 2. The predicted octanol–water partition coefficient (Wildman–Crippen LogP) is 1.12. The van der Waals surface area contributed by atoms with Gasteiger partial charge in [-0.25, -0.2) is 9.59 Å². The number of hydrogen-bond donors (Lipinski definition) is 1. The van der Waals surface area contributed by atoms with Crippen LogP contribution in [0.4, 0.5) is 0 Å². The number of ether oxygens (including phenoxy) is 4. The van der Waals surface area contributed by atoms with Crippen molar-refractivity contribution in [1.82, 2.24) is 0 Å². The monoisotopic (exact) mass is 378 g/mol. The van der Waals surface area contributed by atoms with Crippen molar-refractivity contribution in [1.29, 1.82) is 0 Å². The average Bonchev–Trinajstić information content (AvgIpc) is 3.45. The van der Waals surface area contributed by atoms with E-state index in [2.05, 4.69) is 6.58 Å². The van der Waals surface area contributed by atoms with Crippen LogP contribution in [0.2, 0.25) is 0 Å². The summed E-state index contributed by atoms with van der Waals surface area (Å²) in [5, 5.41) is 10.8. The van der Waals surface area contributed by atoms with Crippen LogP contribution in [-0.4, -0.2) is 59.3 Å². The summed E-state index contributed by atoms with van der Waals surface area (Å²) in [6.45, 7) is 10.0. The maximum absolute atomic E-state index is 12.7. The lowest BCUT2D eigenvalue weighted by atomic mass is 9.51. The van der Waals surface area contributed by atoms with Gasteiger partial charge >= 0.3 is 11.9 Å². The summed E-state index contributed by atoms with van der Waals surface area (Å²) in [7, 11) is 0. The van der Waals surface area contributed by atoms with Gasteiger partial charge in [0.1, 0.15) is 12.2 Å². The molecule has 0 bridgehead atoms. The fourth-order valence-electron chi connectivity index (χ4n) is 5.91. The van der Waals surface area contributed by atoms with Crippen LogP contribution in [0.25, 0.3) is 0 Å². The van der Waals surface area contributed by atoms with E-state index in [0.29, 0.717) is 25.0 Å². The molecular formula is C20H26O7. The number of rotatable bonds is 2. The van der Waals surface area contributed by atoms with Crippen molar-refractivity contribution < 1.29 is 33.6 Å². The number of aliphatic hydroxyl groups excluding tert-OH is 1. The predicted molar refractivity (Wildman–Crippen MR) is 91.5 cm³/mol. The Balaban J connectivity index is 1.48. The second kappa shape index (κ2) is 5.13. The molecule has 3 saturated heterocycles. The summed E-state index contributed by atoms with van der Waals surface area (Å²) >= 11 is 0. The third-order valence-electron chi connectivity index (χ3n) is 7.81. The number of aliphatic hydroxyl groups is 1. The summed E-state index contributed by atoms with van der Waals surface area (Å²) in [6.07, 6.45) is -0.00228. The SMILES string of the molecule is C=C1C(=O)O[C@H]2[C@H]1[C@@H](O)C[C@@]1(C)[C@@H](OC(=O)[C@@]3(C)O[C@@H]3C)CC[C@@]3(CO3)[C@H]21. The maximum atomic E-state index is 12.7. The van der Waals surface area contributed by atoms with Gasteiger partial charge in [0.15, 0.2) is 5.60 Å². The minimum Gasteiger partial charge on any atom is -0.460 e. The van der Waals surface area contributed by atoms with Crippen molar-refractivity contribution in [3.05, 3.63) is 12.2 Å². The fourth-order valence-corrected chi connectivity index (χ4v) is 5.91. The number of epoxide rings is 2. The van der Waals surface area contributed by atoms with Gasteiger partial charge in [0.25, 0.3) is 0 Å². The molecule has 1 spiro atoms. The van der Waals surface area contributed by atoms with E-state index in [1.165, 1.54) is 0 Å². The number of hydrogen-bond acceptors (Lipinski definition) is 7. The Morgan fingerprint density at radius 3 is 2.63 bits per heavy atom. The first-order valence-corrected chi connectivity index (χ1v) is 9.73. The maximum Gasteiger partial charge on any atom is 0.341 e. The van der Waals surface area contributed by atoms with E-state index in [0.717, 1.165) is 6.42 Å². The summed E-state index contributed by atoms with van der Waals surface area (Å²) < 4.78 is 22.9. The summed E-state index contributed by atoms with van der Waals surface area (Å²) in [4.78, 5) is 24.8. The van der Waals surface area contributed by atoms with Gasteiger partial charge in [-0.05, 0) is 33.1 Å². The molecule has 0 aromatic rings. The molecule has 5 aliphatic rings. The molecule has 3 heterocycles. The van der Waals surface area contributed by atoms with Crippen LogP contribution >= 0.6 is 0 Å². The van der Waals surface area contributed by atoms with Crippen LogP contribution in [0.5, 0.6) is 0 Å². The van der Waals surface area contributed by atoms with E-state index < -0.39 is 35.1 Å². The van der Waals surface area contributed by atoms with Crippen LogP contribution in [0.3, 0.4) is 0 Å². The van der Waals surface area contributed by atoms with Gasteiger partial charge in [-0.15, -0.1) is 0 Å². The van der Waals surface area contributed by atoms with E-state index in [1.807, 2.05) is 13.8 Å². The highest BCUT2D eigenvalue weighted by atomic mass is 16.7. The Morgan fingerprint density at radius 2 is 2.04 bits per heavy atom. The highest BCUT2D eigenvalue weighted by Crippen LogP contribution is 2.64. The minimum atomic E-state index is -0.888. The standard InChI is InChI=1S/C20H26O7/c1-9-13-11(21)7-18(3)12(25-17(23)19(4)10(2)27-19)5-6-20(8-24-20)15(18)14(13)26-16(9)22/h10-15,21H,1,5-8H2,2-4H3/t10-,11+,12+,13-,14+,15-,18+,19+,20-/m1/s1. The first-order valence-electron chi connectivity index (χ1n) is 9.73. The molecule has 2 saturated carbocycles. The molecule has 9 atom stereocenters. The Labute approximate surface area is 158 Å². The van der Waals surface area contributed by atoms with Gasteiger partial charge in [0, 0.05) is 16.9 Å². The van der Waals surface area contributed by atoms with E-state index in [4.69, 9.17) is 18.9 Å². The second-order valence-electron chi connectivity index (χ2n) is 9.33. The number of carbonyl (C=O) groups excluding carboxylic acids is 2. The molecule has 5 fully saturated rings. The molecule has 1 N–H and O–H groups in total. The third-order valence-corrected chi connectivity index (χ3v) is 7.81. The molecular weight excluding hydrogens is 352 g/mol. The molecule has 5 rings (SSSR count). The van der Waals surface area contributed by atoms with Crippen LogP contribution in [0, 0.1) is 17.3 Å². The molecule has 0 radical (unpaired) electrons. The van der Waals surface area contributed by atoms with Crippen molar-refractivity contribution >= 4 is 11.9 Å². The van der Waals surface area contributed by atoms with Gasteiger partial charge < -0.3 is 24.1 Å². The molecule has 0 aromatic carbocycles. The highest BCUT2D eigenvalue weighted by molar-refractivity contribution is 5.91. The van der Waals surface area contributed by atoms with Crippen molar-refractivity contribution in [2.24, 2.45) is 17.3 Å². The zero-order valence-corrected chi connectivity index (χ0v) is 15.9. The molecule has 148 valence electrons. The third kappa shape index (κ3) is 2.19. The zero-order valence-electron chi connectivity index (χ0n) is 15.9. The molecule has 0 amide bonds. The topological polar surface area (TPSA) is 97.9 Å². The Bertz CT molecular complexity index is 743. The molecule has 7 nitrogen and oxygen atoms in total. The summed E-state index contributed by atoms with van der Waals surface area (Å²) in [5.41, 5.74) is -1.47. The quantitative estimate of drug-likeness (QED) is 0.437. The van der Waals surface area contributed by atoms with E-state index >= 15 is 0 Å². The van der Waals surface area contributed by atoms with Crippen LogP contribution in [0.1, 0.15) is 40.0 Å². The van der Waals surface area contributed by atoms with Gasteiger partial charge in [-0.1, -0.05) is 13.5 Å². The molecule has 7 heteroatoms. The Hall–Kier alpha value is -1.44. The molecule has 0 aromatic heterocycles. The van der Waals surface area contributed by atoms with E-state index in [-0.39, 0.29) is 29.7 Å². The molecule has 27 heavy (non-hydrogen) atoms. The first-order chi connectivity index (χ1) is 12.6. The zero-order chi connectivity index (χ0) is 19.4. The van der Waals surface area contributed by atoms with E-state index in [1.54, 1.807) is 6.92 Å². The van der Waals surface area contributed by atoms with Crippen LogP contribution < -0.4 is 0 Å². The minimum absolute atomic E-state index is 0.140. The van der Waals surface area contributed by atoms with E-state index in [9.17, 15) is 14.7 Å². The smallest absolute Gasteiger partial charge is 0.341 e. The Kier molecular flexibility index (Phi) is 3.35. The van der Waals surface area contributed by atoms with Gasteiger partial charge in [0.05, 0.1) is 30.3 Å². The van der Waals surface area contributed by atoms with Gasteiger partial charge in [-0.2, -0.15) is 0 Å². The first kappa shape index (κ1) is 17.6. The normalized spacial score (nSPS) is 55.6.